The number of aromatic nitrogens is 1. The van der Waals surface area contributed by atoms with Crippen molar-refractivity contribution in [2.75, 3.05) is 20.1 Å². The molecule has 3 rings (SSSR count). The minimum atomic E-state index is 0. The molecule has 0 saturated carbocycles. The molecule has 0 atom stereocenters. The fourth-order valence-electron chi connectivity index (χ4n) is 2.48. The fourth-order valence-corrected chi connectivity index (χ4v) is 3.34. The van der Waals surface area contributed by atoms with Crippen LogP contribution in [0, 0.1) is 0 Å². The standard InChI is InChI=1S/C13H16N2S.ClH/c1-15-8-6-10(7-9-15)13-11-4-2-3-5-12(11)16-14-13;/h2-5,10H,6-9H2,1H3;1H. The van der Waals surface area contributed by atoms with Crippen molar-refractivity contribution in [3.05, 3.63) is 30.0 Å². The number of piperidine rings is 1. The van der Waals surface area contributed by atoms with Crippen LogP contribution in [0.2, 0.25) is 0 Å². The Morgan fingerprint density at radius 1 is 1.24 bits per heavy atom. The summed E-state index contributed by atoms with van der Waals surface area (Å²) >= 11 is 1.64. The van der Waals surface area contributed by atoms with E-state index in [4.69, 9.17) is 0 Å². The van der Waals surface area contributed by atoms with Crippen LogP contribution < -0.4 is 0 Å². The first-order valence-corrected chi connectivity index (χ1v) is 6.65. The number of hydrogen-bond donors (Lipinski definition) is 0. The van der Waals surface area contributed by atoms with Crippen LogP contribution in [0.15, 0.2) is 24.3 Å². The first kappa shape index (κ1) is 12.8. The molecule has 17 heavy (non-hydrogen) atoms. The van der Waals surface area contributed by atoms with Gasteiger partial charge in [-0.1, -0.05) is 18.2 Å². The molecule has 1 aliphatic rings. The Bertz CT molecular complexity index is 489. The van der Waals surface area contributed by atoms with Crippen molar-refractivity contribution < 1.29 is 0 Å². The topological polar surface area (TPSA) is 16.1 Å². The Hall–Kier alpha value is -0.640. The van der Waals surface area contributed by atoms with E-state index in [1.165, 1.54) is 41.7 Å². The van der Waals surface area contributed by atoms with Gasteiger partial charge in [0, 0.05) is 11.3 Å². The van der Waals surface area contributed by atoms with Crippen LogP contribution >= 0.6 is 23.9 Å². The van der Waals surface area contributed by atoms with Crippen LogP contribution in [0.1, 0.15) is 24.5 Å². The Morgan fingerprint density at radius 3 is 2.71 bits per heavy atom. The van der Waals surface area contributed by atoms with Gasteiger partial charge in [0.15, 0.2) is 0 Å². The number of benzene rings is 1. The number of halogens is 1. The highest BCUT2D eigenvalue weighted by Crippen LogP contribution is 2.33. The van der Waals surface area contributed by atoms with E-state index in [1.807, 2.05) is 0 Å². The van der Waals surface area contributed by atoms with E-state index in [0.717, 1.165) is 0 Å². The highest BCUT2D eigenvalue weighted by atomic mass is 35.5. The molecule has 0 radical (unpaired) electrons. The molecule has 2 aromatic rings. The zero-order valence-corrected chi connectivity index (χ0v) is 11.6. The van der Waals surface area contributed by atoms with Crippen molar-refractivity contribution in [3.8, 4) is 0 Å². The summed E-state index contributed by atoms with van der Waals surface area (Å²) in [7, 11) is 2.20. The SMILES string of the molecule is CN1CCC(c2nsc3ccccc23)CC1.Cl. The van der Waals surface area contributed by atoms with Gasteiger partial charge in [-0.25, -0.2) is 0 Å². The third-order valence-corrected chi connectivity index (χ3v) is 4.35. The van der Waals surface area contributed by atoms with Gasteiger partial charge in [0.1, 0.15) is 0 Å². The van der Waals surface area contributed by atoms with Crippen molar-refractivity contribution in [1.29, 1.82) is 0 Å². The molecule has 1 saturated heterocycles. The highest BCUT2D eigenvalue weighted by Gasteiger charge is 2.22. The first-order chi connectivity index (χ1) is 7.84. The van der Waals surface area contributed by atoms with E-state index < -0.39 is 0 Å². The zero-order chi connectivity index (χ0) is 11.0. The lowest BCUT2D eigenvalue weighted by atomic mass is 9.92. The van der Waals surface area contributed by atoms with Crippen LogP contribution in [0.3, 0.4) is 0 Å². The maximum Gasteiger partial charge on any atom is 0.0652 e. The maximum atomic E-state index is 4.67. The van der Waals surface area contributed by atoms with Crippen molar-refractivity contribution in [2.45, 2.75) is 18.8 Å². The lowest BCUT2D eigenvalue weighted by Crippen LogP contribution is -2.29. The fraction of sp³-hybridized carbons (Fsp3) is 0.462. The lowest BCUT2D eigenvalue weighted by molar-refractivity contribution is 0.254. The van der Waals surface area contributed by atoms with E-state index in [-0.39, 0.29) is 12.4 Å². The molecule has 0 bridgehead atoms. The molecule has 1 aliphatic heterocycles. The summed E-state index contributed by atoms with van der Waals surface area (Å²) in [5, 5.41) is 1.38. The van der Waals surface area contributed by atoms with Crippen molar-refractivity contribution in [2.24, 2.45) is 0 Å². The van der Waals surface area contributed by atoms with Gasteiger partial charge in [-0.2, -0.15) is 4.37 Å². The molecule has 0 aliphatic carbocycles. The Balaban J connectivity index is 0.00000108. The van der Waals surface area contributed by atoms with Crippen molar-refractivity contribution >= 4 is 34.0 Å². The van der Waals surface area contributed by atoms with Gasteiger partial charge in [-0.3, -0.25) is 0 Å². The number of nitrogens with zero attached hydrogens (tertiary/aromatic N) is 2. The average Bonchev–Trinajstić information content (AvgIpc) is 2.74. The molecule has 2 nitrogen and oxygen atoms in total. The second-order valence-corrected chi connectivity index (χ2v) is 5.45. The summed E-state index contributed by atoms with van der Waals surface area (Å²) in [6.07, 6.45) is 2.51. The van der Waals surface area contributed by atoms with Gasteiger partial charge in [-0.05, 0) is 50.6 Å². The van der Waals surface area contributed by atoms with Gasteiger partial charge in [0.25, 0.3) is 0 Å². The summed E-state index contributed by atoms with van der Waals surface area (Å²) in [6, 6.07) is 8.60. The highest BCUT2D eigenvalue weighted by molar-refractivity contribution is 7.13. The zero-order valence-electron chi connectivity index (χ0n) is 9.93. The van der Waals surface area contributed by atoms with Crippen LogP contribution in [-0.4, -0.2) is 29.4 Å². The van der Waals surface area contributed by atoms with Crippen LogP contribution in [-0.2, 0) is 0 Å². The second kappa shape index (κ2) is 5.34. The van der Waals surface area contributed by atoms with Crippen molar-refractivity contribution in [3.63, 3.8) is 0 Å². The van der Waals surface area contributed by atoms with E-state index in [9.17, 15) is 0 Å². The summed E-state index contributed by atoms with van der Waals surface area (Å²) in [6.45, 7) is 2.41. The predicted octanol–water partition coefficient (Wildman–Crippen LogP) is 3.53. The van der Waals surface area contributed by atoms with Crippen LogP contribution in [0.5, 0.6) is 0 Å². The molecule has 1 aromatic carbocycles. The average molecular weight is 269 g/mol. The van der Waals surface area contributed by atoms with E-state index >= 15 is 0 Å². The van der Waals surface area contributed by atoms with Gasteiger partial charge < -0.3 is 4.90 Å². The lowest BCUT2D eigenvalue weighted by Gasteiger charge is -2.28. The minimum absolute atomic E-state index is 0. The first-order valence-electron chi connectivity index (χ1n) is 5.87. The molecular formula is C13H17ClN2S. The van der Waals surface area contributed by atoms with E-state index in [1.54, 1.807) is 11.5 Å². The minimum Gasteiger partial charge on any atom is -0.306 e. The summed E-state index contributed by atoms with van der Waals surface area (Å²) < 4.78 is 6.00. The number of likely N-dealkylation sites (tertiary alicyclic amines) is 1. The largest absolute Gasteiger partial charge is 0.306 e. The molecule has 2 heterocycles. The van der Waals surface area contributed by atoms with Crippen LogP contribution in [0.25, 0.3) is 10.1 Å². The van der Waals surface area contributed by atoms with Gasteiger partial charge in [0.05, 0.1) is 10.4 Å². The summed E-state index contributed by atoms with van der Waals surface area (Å²) in [5.41, 5.74) is 1.34. The summed E-state index contributed by atoms with van der Waals surface area (Å²) in [5.74, 6) is 0.673. The molecule has 1 fully saturated rings. The molecule has 0 unspecified atom stereocenters. The smallest absolute Gasteiger partial charge is 0.0652 e. The molecule has 0 N–H and O–H groups in total. The molecule has 4 heteroatoms. The van der Waals surface area contributed by atoms with Gasteiger partial charge >= 0.3 is 0 Å². The number of hydrogen-bond acceptors (Lipinski definition) is 3. The van der Waals surface area contributed by atoms with Gasteiger partial charge in [0.2, 0.25) is 0 Å². The Kier molecular flexibility index (Phi) is 4.02. The monoisotopic (exact) mass is 268 g/mol. The van der Waals surface area contributed by atoms with E-state index in [0.29, 0.717) is 5.92 Å². The quantitative estimate of drug-likeness (QED) is 0.787. The maximum absolute atomic E-state index is 4.67. The molecule has 92 valence electrons. The molecule has 0 spiro atoms. The Morgan fingerprint density at radius 2 is 1.94 bits per heavy atom. The number of fused-ring (bicyclic) bond motifs is 1. The van der Waals surface area contributed by atoms with Crippen LogP contribution in [0.4, 0.5) is 0 Å². The number of rotatable bonds is 1. The predicted molar refractivity (Wildman–Crippen MR) is 76.3 cm³/mol. The van der Waals surface area contributed by atoms with E-state index in [2.05, 4.69) is 40.6 Å². The Labute approximate surface area is 112 Å². The van der Waals surface area contributed by atoms with Gasteiger partial charge in [-0.15, -0.1) is 12.4 Å². The summed E-state index contributed by atoms with van der Waals surface area (Å²) in [4.78, 5) is 2.41. The third kappa shape index (κ3) is 2.46. The van der Waals surface area contributed by atoms with Crippen molar-refractivity contribution in [1.82, 2.24) is 9.27 Å². The molecular weight excluding hydrogens is 252 g/mol. The normalized spacial score (nSPS) is 18.2. The molecule has 1 aromatic heterocycles. The third-order valence-electron chi connectivity index (χ3n) is 3.51. The molecule has 0 amide bonds. The second-order valence-electron chi connectivity index (χ2n) is 4.64.